The van der Waals surface area contributed by atoms with Crippen molar-refractivity contribution in [3.05, 3.63) is 58.4 Å². The average Bonchev–Trinajstić information content (AvgIpc) is 2.85. The van der Waals surface area contributed by atoms with E-state index in [1.807, 2.05) is 12.1 Å². The molecule has 8 heteroatoms. The van der Waals surface area contributed by atoms with Crippen LogP contribution in [-0.4, -0.2) is 12.3 Å². The maximum Gasteiger partial charge on any atom is 0.573 e. The van der Waals surface area contributed by atoms with E-state index in [4.69, 9.17) is 11.6 Å². The zero-order valence-corrected chi connectivity index (χ0v) is 13.4. The molecule has 0 fully saturated rings. The van der Waals surface area contributed by atoms with E-state index in [9.17, 15) is 18.0 Å². The van der Waals surface area contributed by atoms with Crippen LogP contribution in [0.1, 0.15) is 9.67 Å². The first-order valence-electron chi connectivity index (χ1n) is 6.68. The summed E-state index contributed by atoms with van der Waals surface area (Å²) in [7, 11) is 0. The first-order valence-corrected chi connectivity index (χ1v) is 7.88. The topological polar surface area (TPSA) is 38.3 Å². The summed E-state index contributed by atoms with van der Waals surface area (Å²) in [6, 6.07) is 12.5. The number of benzene rings is 2. The molecule has 0 spiro atoms. The highest BCUT2D eigenvalue weighted by Gasteiger charge is 2.32. The number of para-hydroxylation sites is 2. The number of hydrogen-bond donors (Lipinski definition) is 1. The quantitative estimate of drug-likeness (QED) is 0.640. The Hall–Kier alpha value is -2.25. The van der Waals surface area contributed by atoms with Gasteiger partial charge in [-0.1, -0.05) is 41.9 Å². The lowest BCUT2D eigenvalue weighted by Crippen LogP contribution is -2.19. The van der Waals surface area contributed by atoms with E-state index in [2.05, 4.69) is 10.1 Å². The van der Waals surface area contributed by atoms with Gasteiger partial charge in [-0.25, -0.2) is 0 Å². The van der Waals surface area contributed by atoms with Crippen molar-refractivity contribution in [2.24, 2.45) is 0 Å². The molecule has 1 N–H and O–H groups in total. The minimum atomic E-state index is -4.85. The maximum absolute atomic E-state index is 12.4. The van der Waals surface area contributed by atoms with Crippen LogP contribution < -0.4 is 10.1 Å². The monoisotopic (exact) mass is 371 g/mol. The summed E-state index contributed by atoms with van der Waals surface area (Å²) in [4.78, 5) is 12.6. The molecule has 0 radical (unpaired) electrons. The van der Waals surface area contributed by atoms with Gasteiger partial charge in [0.15, 0.2) is 5.75 Å². The molecule has 0 aliphatic rings. The van der Waals surface area contributed by atoms with E-state index in [1.165, 1.54) is 18.2 Å². The Bertz CT molecular complexity index is 908. The van der Waals surface area contributed by atoms with E-state index < -0.39 is 18.0 Å². The number of carbonyl (C=O) groups is 1. The Balaban J connectivity index is 1.91. The zero-order valence-electron chi connectivity index (χ0n) is 11.9. The van der Waals surface area contributed by atoms with Gasteiger partial charge in [-0.2, -0.15) is 0 Å². The molecule has 0 atom stereocenters. The number of alkyl halides is 3. The van der Waals surface area contributed by atoms with Crippen molar-refractivity contribution < 1.29 is 22.7 Å². The third-order valence-electron chi connectivity index (χ3n) is 3.10. The van der Waals surface area contributed by atoms with Gasteiger partial charge in [0.05, 0.1) is 10.7 Å². The van der Waals surface area contributed by atoms with Crippen LogP contribution in [0.5, 0.6) is 5.75 Å². The molecule has 24 heavy (non-hydrogen) atoms. The fourth-order valence-corrected chi connectivity index (χ4v) is 3.53. The van der Waals surface area contributed by atoms with Gasteiger partial charge >= 0.3 is 6.36 Å². The standard InChI is InChI=1S/C16H9ClF3NO2S/c17-13-9-5-1-4-8-12(9)24-14(13)15(22)21-10-6-2-3-7-11(10)23-16(18,19)20/h1-8H,(H,21,22). The van der Waals surface area contributed by atoms with Crippen molar-refractivity contribution in [2.45, 2.75) is 6.36 Å². The summed E-state index contributed by atoms with van der Waals surface area (Å²) in [5.41, 5.74) is -0.0895. The van der Waals surface area contributed by atoms with Crippen LogP contribution in [0.15, 0.2) is 48.5 Å². The summed E-state index contributed by atoms with van der Waals surface area (Å²) in [6.07, 6.45) is -4.85. The van der Waals surface area contributed by atoms with Gasteiger partial charge in [0, 0.05) is 10.1 Å². The molecule has 0 aliphatic heterocycles. The number of rotatable bonds is 3. The molecule has 3 nitrogen and oxygen atoms in total. The smallest absolute Gasteiger partial charge is 0.404 e. The molecular formula is C16H9ClF3NO2S. The number of anilines is 1. The third-order valence-corrected chi connectivity index (χ3v) is 4.78. The van der Waals surface area contributed by atoms with Gasteiger partial charge in [-0.15, -0.1) is 24.5 Å². The molecule has 3 rings (SSSR count). The lowest BCUT2D eigenvalue weighted by Gasteiger charge is -2.13. The summed E-state index contributed by atoms with van der Waals surface area (Å²) < 4.78 is 42.0. The second-order valence-electron chi connectivity index (χ2n) is 4.74. The number of hydrogen-bond acceptors (Lipinski definition) is 3. The highest BCUT2D eigenvalue weighted by atomic mass is 35.5. The van der Waals surface area contributed by atoms with E-state index >= 15 is 0 Å². The SMILES string of the molecule is O=C(Nc1ccccc1OC(F)(F)F)c1sc2ccccc2c1Cl. The Labute approximate surface area is 143 Å². The number of halogens is 4. The molecule has 1 amide bonds. The molecule has 0 unspecified atom stereocenters. The second kappa shape index (κ2) is 6.33. The average molecular weight is 372 g/mol. The van der Waals surface area contributed by atoms with E-state index in [1.54, 1.807) is 12.1 Å². The number of fused-ring (bicyclic) bond motifs is 1. The Morgan fingerprint density at radius 3 is 2.46 bits per heavy atom. The number of thiophene rings is 1. The lowest BCUT2D eigenvalue weighted by atomic mass is 10.2. The molecule has 0 saturated heterocycles. The van der Waals surface area contributed by atoms with Crippen LogP contribution in [0.2, 0.25) is 5.02 Å². The van der Waals surface area contributed by atoms with Crippen LogP contribution in [0.25, 0.3) is 10.1 Å². The van der Waals surface area contributed by atoms with Crippen LogP contribution in [0, 0.1) is 0 Å². The van der Waals surface area contributed by atoms with Crippen LogP contribution in [-0.2, 0) is 0 Å². The Morgan fingerprint density at radius 1 is 1.08 bits per heavy atom. The van der Waals surface area contributed by atoms with Crippen molar-refractivity contribution in [3.8, 4) is 5.75 Å². The molecule has 0 saturated carbocycles. The molecular weight excluding hydrogens is 363 g/mol. The van der Waals surface area contributed by atoms with Gasteiger partial charge in [0.25, 0.3) is 5.91 Å². The highest BCUT2D eigenvalue weighted by molar-refractivity contribution is 7.21. The van der Waals surface area contributed by atoms with Gasteiger partial charge < -0.3 is 10.1 Å². The van der Waals surface area contributed by atoms with Crippen LogP contribution in [0.3, 0.4) is 0 Å². The number of nitrogens with one attached hydrogen (secondary N) is 1. The Morgan fingerprint density at radius 2 is 1.75 bits per heavy atom. The van der Waals surface area contributed by atoms with Gasteiger partial charge in [-0.05, 0) is 18.2 Å². The fourth-order valence-electron chi connectivity index (χ4n) is 2.12. The third kappa shape index (κ3) is 3.47. The van der Waals surface area contributed by atoms with Crippen LogP contribution >= 0.6 is 22.9 Å². The second-order valence-corrected chi connectivity index (χ2v) is 6.17. The molecule has 0 bridgehead atoms. The Kier molecular flexibility index (Phi) is 4.38. The van der Waals surface area contributed by atoms with Crippen molar-refractivity contribution in [3.63, 3.8) is 0 Å². The van der Waals surface area contributed by atoms with Gasteiger partial charge in [0.2, 0.25) is 0 Å². The molecule has 2 aromatic carbocycles. The van der Waals surface area contributed by atoms with Gasteiger partial charge in [0.1, 0.15) is 4.88 Å². The minimum absolute atomic E-state index is 0.0895. The maximum atomic E-state index is 12.4. The van der Waals surface area contributed by atoms with Crippen molar-refractivity contribution in [1.29, 1.82) is 0 Å². The summed E-state index contributed by atoms with van der Waals surface area (Å²) in [5, 5.41) is 3.40. The normalized spacial score (nSPS) is 11.5. The predicted molar refractivity (Wildman–Crippen MR) is 87.9 cm³/mol. The zero-order chi connectivity index (χ0) is 17.3. The summed E-state index contributed by atoms with van der Waals surface area (Å²) in [6.45, 7) is 0. The molecule has 1 aromatic heterocycles. The number of ether oxygens (including phenoxy) is 1. The van der Waals surface area contributed by atoms with Crippen molar-refractivity contribution >= 4 is 44.6 Å². The first kappa shape index (κ1) is 16.6. The largest absolute Gasteiger partial charge is 0.573 e. The molecule has 124 valence electrons. The fraction of sp³-hybridized carbons (Fsp3) is 0.0625. The molecule has 0 aliphatic carbocycles. The van der Waals surface area contributed by atoms with Gasteiger partial charge in [-0.3, -0.25) is 4.79 Å². The van der Waals surface area contributed by atoms with Crippen molar-refractivity contribution in [2.75, 3.05) is 5.32 Å². The van der Waals surface area contributed by atoms with Crippen molar-refractivity contribution in [1.82, 2.24) is 0 Å². The molecule has 1 heterocycles. The summed E-state index contributed by atoms with van der Waals surface area (Å²) >= 11 is 7.37. The number of carbonyl (C=O) groups excluding carboxylic acids is 1. The lowest BCUT2D eigenvalue weighted by molar-refractivity contribution is -0.274. The van der Waals surface area contributed by atoms with E-state index in [0.29, 0.717) is 5.39 Å². The predicted octanol–water partition coefficient (Wildman–Crippen LogP) is 5.71. The molecule has 3 aromatic rings. The van der Waals surface area contributed by atoms with E-state index in [0.717, 1.165) is 22.1 Å². The highest BCUT2D eigenvalue weighted by Crippen LogP contribution is 2.36. The first-order chi connectivity index (χ1) is 11.3. The van der Waals surface area contributed by atoms with E-state index in [-0.39, 0.29) is 15.6 Å². The number of amides is 1. The summed E-state index contributed by atoms with van der Waals surface area (Å²) in [5.74, 6) is -1.09. The minimum Gasteiger partial charge on any atom is -0.404 e. The van der Waals surface area contributed by atoms with Crippen LogP contribution in [0.4, 0.5) is 18.9 Å².